The number of hydrogen-bond acceptors (Lipinski definition) is 8. The number of carboxylic acid groups (broad SMARTS) is 1. The molecule has 0 aliphatic heterocycles. The Labute approximate surface area is 233 Å². The summed E-state index contributed by atoms with van der Waals surface area (Å²) in [4.78, 5) is 24.9. The van der Waals surface area contributed by atoms with E-state index in [9.17, 15) is 14.7 Å². The first-order chi connectivity index (χ1) is 19.4. The summed E-state index contributed by atoms with van der Waals surface area (Å²) in [6.07, 6.45) is 3.28. The number of hydrogen-bond donors (Lipinski definition) is 2. The van der Waals surface area contributed by atoms with E-state index in [-0.39, 0.29) is 28.5 Å². The van der Waals surface area contributed by atoms with Gasteiger partial charge in [0, 0.05) is 40.0 Å². The molecule has 202 valence electrons. The highest BCUT2D eigenvalue weighted by Crippen LogP contribution is 2.34. The minimum atomic E-state index is -1.16. The highest BCUT2D eigenvalue weighted by molar-refractivity contribution is 8.03. The van der Waals surface area contributed by atoms with Crippen LogP contribution in [0.2, 0.25) is 0 Å². The molecule has 0 fully saturated rings. The average molecular weight is 557 g/mol. The summed E-state index contributed by atoms with van der Waals surface area (Å²) in [5.41, 5.74) is 2.68. The molecular formula is C29H24N4O6S. The SMILES string of the molecule is COc1cc(OC)cc(-c2nnc(S/C(=C\c3cn(CC(=O)Nc4ccccc4)c4ccccc34)C(=O)O)o2)c1. The highest BCUT2D eigenvalue weighted by Gasteiger charge is 2.19. The van der Waals surface area contributed by atoms with E-state index in [0.717, 1.165) is 22.7 Å². The van der Waals surface area contributed by atoms with Crippen molar-refractivity contribution in [3.05, 3.63) is 89.5 Å². The van der Waals surface area contributed by atoms with Gasteiger partial charge in [-0.3, -0.25) is 4.79 Å². The number of carbonyl (C=O) groups excluding carboxylic acids is 1. The molecule has 2 N–H and O–H groups in total. The molecular weight excluding hydrogens is 532 g/mol. The maximum absolute atomic E-state index is 12.7. The number of rotatable bonds is 10. The molecule has 5 rings (SSSR count). The number of nitrogens with one attached hydrogen (secondary N) is 1. The number of aliphatic carboxylic acids is 1. The molecule has 0 radical (unpaired) electrons. The first kappa shape index (κ1) is 26.6. The Morgan fingerprint density at radius 3 is 2.40 bits per heavy atom. The molecule has 0 atom stereocenters. The third kappa shape index (κ3) is 6.00. The Kier molecular flexibility index (Phi) is 7.83. The number of para-hydroxylation sites is 2. The zero-order chi connectivity index (χ0) is 28.1. The third-order valence-corrected chi connectivity index (χ3v) is 6.74. The van der Waals surface area contributed by atoms with Crippen molar-refractivity contribution in [3.63, 3.8) is 0 Å². The smallest absolute Gasteiger partial charge is 0.342 e. The number of methoxy groups -OCH3 is 2. The van der Waals surface area contributed by atoms with Gasteiger partial charge in [0.05, 0.1) is 14.2 Å². The Hall–Kier alpha value is -5.03. The number of aromatic nitrogens is 3. The van der Waals surface area contributed by atoms with Crippen molar-refractivity contribution in [2.24, 2.45) is 0 Å². The van der Waals surface area contributed by atoms with Gasteiger partial charge >= 0.3 is 5.97 Å². The number of anilines is 1. The van der Waals surface area contributed by atoms with Crippen LogP contribution in [0.25, 0.3) is 28.4 Å². The van der Waals surface area contributed by atoms with Crippen molar-refractivity contribution in [2.45, 2.75) is 11.8 Å². The molecule has 5 aromatic rings. The van der Waals surface area contributed by atoms with Crippen LogP contribution in [0.1, 0.15) is 5.56 Å². The third-order valence-electron chi connectivity index (χ3n) is 5.89. The largest absolute Gasteiger partial charge is 0.497 e. The predicted octanol–water partition coefficient (Wildman–Crippen LogP) is 5.57. The van der Waals surface area contributed by atoms with Gasteiger partial charge in [0.25, 0.3) is 5.22 Å². The molecule has 0 bridgehead atoms. The van der Waals surface area contributed by atoms with Crippen LogP contribution in [0.5, 0.6) is 11.5 Å². The van der Waals surface area contributed by atoms with Crippen molar-refractivity contribution in [3.8, 4) is 23.0 Å². The van der Waals surface area contributed by atoms with Crippen LogP contribution in [0, 0.1) is 0 Å². The highest BCUT2D eigenvalue weighted by atomic mass is 32.2. The normalized spacial score (nSPS) is 11.4. The lowest BCUT2D eigenvalue weighted by Crippen LogP contribution is -2.18. The lowest BCUT2D eigenvalue weighted by atomic mass is 10.1. The van der Waals surface area contributed by atoms with E-state index in [0.29, 0.717) is 28.3 Å². The van der Waals surface area contributed by atoms with E-state index in [2.05, 4.69) is 15.5 Å². The van der Waals surface area contributed by atoms with E-state index >= 15 is 0 Å². The van der Waals surface area contributed by atoms with Gasteiger partial charge in [0.15, 0.2) is 0 Å². The molecule has 1 amide bonds. The fraction of sp³-hybridized carbons (Fsp3) is 0.103. The Morgan fingerprint density at radius 1 is 1.00 bits per heavy atom. The summed E-state index contributed by atoms with van der Waals surface area (Å²) in [5, 5.41) is 21.8. The van der Waals surface area contributed by atoms with Crippen LogP contribution in [0.3, 0.4) is 0 Å². The van der Waals surface area contributed by atoms with Crippen LogP contribution < -0.4 is 14.8 Å². The predicted molar refractivity (Wildman–Crippen MR) is 151 cm³/mol. The number of carboxylic acids is 1. The first-order valence-corrected chi connectivity index (χ1v) is 12.9. The van der Waals surface area contributed by atoms with Crippen LogP contribution in [0.4, 0.5) is 5.69 Å². The molecule has 0 saturated carbocycles. The maximum Gasteiger partial charge on any atom is 0.342 e. The number of carbonyl (C=O) groups is 2. The first-order valence-electron chi connectivity index (χ1n) is 12.1. The standard InChI is InChI=1S/C29H24N4O6S/c1-37-21-12-18(13-22(15-21)38-2)27-31-32-29(39-27)40-25(28(35)36)14-19-16-33(24-11-7-6-10-23(19)24)17-26(34)30-20-8-4-3-5-9-20/h3-16H,17H2,1-2H3,(H,30,34)(H,35,36)/b25-14-. The summed E-state index contributed by atoms with van der Waals surface area (Å²) in [5.74, 6) is -0.0942. The van der Waals surface area contributed by atoms with E-state index < -0.39 is 5.97 Å². The number of ether oxygens (including phenoxy) is 2. The van der Waals surface area contributed by atoms with Crippen molar-refractivity contribution >= 4 is 46.3 Å². The second-order valence-electron chi connectivity index (χ2n) is 8.53. The molecule has 40 heavy (non-hydrogen) atoms. The maximum atomic E-state index is 12.7. The quantitative estimate of drug-likeness (QED) is 0.168. The van der Waals surface area contributed by atoms with Gasteiger partial charge < -0.3 is 28.9 Å². The van der Waals surface area contributed by atoms with E-state index in [1.54, 1.807) is 29.0 Å². The van der Waals surface area contributed by atoms with Gasteiger partial charge in [-0.05, 0) is 48.2 Å². The Morgan fingerprint density at radius 2 is 1.70 bits per heavy atom. The molecule has 2 aromatic heterocycles. The minimum Gasteiger partial charge on any atom is -0.497 e. The lowest BCUT2D eigenvalue weighted by Gasteiger charge is -2.07. The van der Waals surface area contributed by atoms with E-state index in [1.807, 2.05) is 54.6 Å². The summed E-state index contributed by atoms with van der Waals surface area (Å²) in [6, 6.07) is 21.8. The number of fused-ring (bicyclic) bond motifs is 1. The van der Waals surface area contributed by atoms with Gasteiger partial charge in [-0.2, -0.15) is 0 Å². The summed E-state index contributed by atoms with van der Waals surface area (Å²) < 4.78 is 18.1. The summed E-state index contributed by atoms with van der Waals surface area (Å²) in [6.45, 7) is 0.0514. The van der Waals surface area contributed by atoms with Crippen LogP contribution in [0.15, 0.2) is 93.5 Å². The second-order valence-corrected chi connectivity index (χ2v) is 9.53. The zero-order valence-corrected chi connectivity index (χ0v) is 22.3. The lowest BCUT2D eigenvalue weighted by molar-refractivity contribution is -0.131. The van der Waals surface area contributed by atoms with Gasteiger partial charge in [-0.25, -0.2) is 4.79 Å². The average Bonchev–Trinajstić information content (AvgIpc) is 3.58. The molecule has 3 aromatic carbocycles. The molecule has 11 heteroatoms. The van der Waals surface area contributed by atoms with Crippen LogP contribution in [-0.2, 0) is 16.1 Å². The summed E-state index contributed by atoms with van der Waals surface area (Å²) >= 11 is 0.831. The fourth-order valence-corrected chi connectivity index (χ4v) is 4.73. The fourth-order valence-electron chi connectivity index (χ4n) is 4.07. The van der Waals surface area contributed by atoms with E-state index in [1.165, 1.54) is 20.3 Å². The van der Waals surface area contributed by atoms with Gasteiger partial charge in [-0.1, -0.05) is 36.4 Å². The van der Waals surface area contributed by atoms with Gasteiger partial charge in [0.2, 0.25) is 11.8 Å². The zero-order valence-electron chi connectivity index (χ0n) is 21.5. The number of thioether (sulfide) groups is 1. The molecule has 0 saturated heterocycles. The van der Waals surface area contributed by atoms with Crippen LogP contribution >= 0.6 is 11.8 Å². The number of benzene rings is 3. The monoisotopic (exact) mass is 556 g/mol. The van der Waals surface area contributed by atoms with Crippen molar-refractivity contribution in [1.82, 2.24) is 14.8 Å². The molecule has 10 nitrogen and oxygen atoms in total. The second kappa shape index (κ2) is 11.8. The molecule has 0 spiro atoms. The number of nitrogens with zero attached hydrogens (tertiary/aromatic N) is 3. The van der Waals surface area contributed by atoms with Crippen molar-refractivity contribution < 1.29 is 28.6 Å². The topological polar surface area (TPSA) is 129 Å². The minimum absolute atomic E-state index is 0.0323. The molecule has 2 heterocycles. The van der Waals surface area contributed by atoms with Gasteiger partial charge in [0.1, 0.15) is 22.9 Å². The Balaban J connectivity index is 1.41. The van der Waals surface area contributed by atoms with Crippen LogP contribution in [-0.4, -0.2) is 46.0 Å². The summed E-state index contributed by atoms with van der Waals surface area (Å²) in [7, 11) is 3.06. The van der Waals surface area contributed by atoms with Gasteiger partial charge in [-0.15, -0.1) is 10.2 Å². The Bertz CT molecular complexity index is 1690. The molecule has 0 unspecified atom stereocenters. The molecule has 0 aliphatic rings. The number of amides is 1. The van der Waals surface area contributed by atoms with Crippen molar-refractivity contribution in [1.29, 1.82) is 0 Å². The van der Waals surface area contributed by atoms with Crippen molar-refractivity contribution in [2.75, 3.05) is 19.5 Å². The van der Waals surface area contributed by atoms with E-state index in [4.69, 9.17) is 13.9 Å². The molecule has 0 aliphatic carbocycles.